The van der Waals surface area contributed by atoms with Crippen molar-refractivity contribution in [2.24, 2.45) is 0 Å². The zero-order valence-corrected chi connectivity index (χ0v) is 9.98. The van der Waals surface area contributed by atoms with Crippen LogP contribution in [0.5, 0.6) is 0 Å². The number of halogens is 4. The minimum atomic E-state index is -4.64. The van der Waals surface area contributed by atoms with E-state index in [1.807, 2.05) is 0 Å². The maximum absolute atomic E-state index is 12.9. The lowest BCUT2D eigenvalue weighted by molar-refractivity contribution is -0.181. The van der Waals surface area contributed by atoms with Gasteiger partial charge in [0.25, 0.3) is 5.91 Å². The molecule has 1 unspecified atom stereocenters. The van der Waals surface area contributed by atoms with Crippen molar-refractivity contribution in [1.82, 2.24) is 4.90 Å². The maximum Gasteiger partial charge on any atom is 0.383 e. The van der Waals surface area contributed by atoms with E-state index in [4.69, 9.17) is 0 Å². The van der Waals surface area contributed by atoms with Gasteiger partial charge in [-0.1, -0.05) is 6.07 Å². The van der Waals surface area contributed by atoms with Gasteiger partial charge in [0, 0.05) is 11.9 Å². The van der Waals surface area contributed by atoms with Crippen LogP contribution in [0, 0.1) is 0 Å². The molecule has 0 aliphatic rings. The van der Waals surface area contributed by atoms with Gasteiger partial charge < -0.3 is 4.90 Å². The summed E-state index contributed by atoms with van der Waals surface area (Å²) in [7, 11) is 1.09. The van der Waals surface area contributed by atoms with Crippen LogP contribution < -0.4 is 0 Å². The number of rotatable bonds is 4. The molecule has 1 heterocycles. The minimum absolute atomic E-state index is 0.637. The van der Waals surface area contributed by atoms with Gasteiger partial charge in [-0.05, 0) is 18.4 Å². The summed E-state index contributed by atoms with van der Waals surface area (Å²) in [6.45, 7) is 1.51. The van der Waals surface area contributed by atoms with E-state index in [1.54, 1.807) is 17.5 Å². The van der Waals surface area contributed by atoms with E-state index in [9.17, 15) is 22.4 Å². The first kappa shape index (κ1) is 14.0. The molecule has 7 heteroatoms. The first-order valence-electron chi connectivity index (χ1n) is 4.75. The van der Waals surface area contributed by atoms with Crippen molar-refractivity contribution >= 4 is 17.2 Å². The van der Waals surface area contributed by atoms with Crippen LogP contribution in [0.4, 0.5) is 17.6 Å². The van der Waals surface area contributed by atoms with Crippen LogP contribution in [0.2, 0.25) is 0 Å². The summed E-state index contributed by atoms with van der Waals surface area (Å²) in [6.07, 6.45) is -3.99. The van der Waals surface area contributed by atoms with Gasteiger partial charge in [-0.25, -0.2) is 8.78 Å². The molecule has 0 N–H and O–H groups in total. The Bertz CT molecular complexity index is 380. The smallest absolute Gasteiger partial charge is 0.333 e. The molecule has 17 heavy (non-hydrogen) atoms. The molecule has 2 nitrogen and oxygen atoms in total. The van der Waals surface area contributed by atoms with Crippen molar-refractivity contribution in [1.29, 1.82) is 0 Å². The molecule has 0 aliphatic carbocycles. The standard InChI is InChI=1S/C10H11F4NOS/c1-6(7-4-3-5-17-7)15(2)9(16)10(13,14)8(11)12/h3-6,8H,1-2H3. The highest BCUT2D eigenvalue weighted by molar-refractivity contribution is 7.10. The summed E-state index contributed by atoms with van der Waals surface area (Å²) in [4.78, 5) is 12.5. The van der Waals surface area contributed by atoms with Gasteiger partial charge in [-0.2, -0.15) is 8.78 Å². The lowest BCUT2D eigenvalue weighted by Crippen LogP contribution is -2.46. The number of thiophene rings is 1. The minimum Gasteiger partial charge on any atom is -0.333 e. The number of amides is 1. The second kappa shape index (κ2) is 5.03. The molecule has 0 bridgehead atoms. The Hall–Kier alpha value is -1.11. The summed E-state index contributed by atoms with van der Waals surface area (Å²) in [6, 6.07) is 2.69. The monoisotopic (exact) mass is 269 g/mol. The Morgan fingerprint density at radius 2 is 2.06 bits per heavy atom. The molecule has 0 fully saturated rings. The summed E-state index contributed by atoms with van der Waals surface area (Å²) >= 11 is 1.27. The van der Waals surface area contributed by atoms with E-state index in [1.165, 1.54) is 18.3 Å². The Morgan fingerprint density at radius 1 is 1.47 bits per heavy atom. The van der Waals surface area contributed by atoms with Crippen LogP contribution in [-0.2, 0) is 4.79 Å². The third kappa shape index (κ3) is 2.77. The molecule has 0 aliphatic heterocycles. The van der Waals surface area contributed by atoms with E-state index >= 15 is 0 Å². The van der Waals surface area contributed by atoms with Crippen LogP contribution in [0.15, 0.2) is 17.5 Å². The SMILES string of the molecule is CC(c1cccs1)N(C)C(=O)C(F)(F)C(F)F. The first-order valence-corrected chi connectivity index (χ1v) is 5.63. The molecule has 1 amide bonds. The van der Waals surface area contributed by atoms with Gasteiger partial charge in [0.1, 0.15) is 0 Å². The molecular weight excluding hydrogens is 258 g/mol. The molecule has 1 aromatic heterocycles. The molecule has 1 atom stereocenters. The van der Waals surface area contributed by atoms with E-state index in [0.29, 0.717) is 9.78 Å². The highest BCUT2D eigenvalue weighted by atomic mass is 32.1. The second-order valence-corrected chi connectivity index (χ2v) is 4.51. The highest BCUT2D eigenvalue weighted by Gasteiger charge is 2.51. The fourth-order valence-electron chi connectivity index (χ4n) is 1.22. The number of alkyl halides is 4. The van der Waals surface area contributed by atoms with E-state index in [0.717, 1.165) is 7.05 Å². The summed E-state index contributed by atoms with van der Waals surface area (Å²) in [5, 5.41) is 1.72. The third-order valence-corrected chi connectivity index (χ3v) is 3.46. The van der Waals surface area contributed by atoms with E-state index < -0.39 is 24.3 Å². The van der Waals surface area contributed by atoms with Crippen LogP contribution in [0.25, 0.3) is 0 Å². The number of carbonyl (C=O) groups is 1. The number of hydrogen-bond acceptors (Lipinski definition) is 2. The average molecular weight is 269 g/mol. The van der Waals surface area contributed by atoms with Crippen LogP contribution in [0.1, 0.15) is 17.8 Å². The molecule has 96 valence electrons. The number of carbonyl (C=O) groups excluding carboxylic acids is 1. The highest BCUT2D eigenvalue weighted by Crippen LogP contribution is 2.30. The number of nitrogens with zero attached hydrogens (tertiary/aromatic N) is 1. The molecular formula is C10H11F4NOS. The Kier molecular flexibility index (Phi) is 4.13. The first-order chi connectivity index (χ1) is 7.78. The second-order valence-electron chi connectivity index (χ2n) is 3.53. The Balaban J connectivity index is 2.84. The summed E-state index contributed by atoms with van der Waals surface area (Å²) in [5.74, 6) is -6.51. The quantitative estimate of drug-likeness (QED) is 0.769. The largest absolute Gasteiger partial charge is 0.383 e. The summed E-state index contributed by atoms with van der Waals surface area (Å²) in [5.41, 5.74) is 0. The lowest BCUT2D eigenvalue weighted by atomic mass is 10.2. The Morgan fingerprint density at radius 3 is 2.47 bits per heavy atom. The van der Waals surface area contributed by atoms with Crippen LogP contribution >= 0.6 is 11.3 Å². The van der Waals surface area contributed by atoms with Gasteiger partial charge in [-0.3, -0.25) is 4.79 Å². The molecule has 0 spiro atoms. The van der Waals surface area contributed by atoms with Crippen molar-refractivity contribution in [3.05, 3.63) is 22.4 Å². The maximum atomic E-state index is 12.9. The van der Waals surface area contributed by atoms with E-state index in [-0.39, 0.29) is 0 Å². The third-order valence-electron chi connectivity index (χ3n) is 2.42. The molecule has 1 aromatic rings. The van der Waals surface area contributed by atoms with Crippen LogP contribution in [0.3, 0.4) is 0 Å². The lowest BCUT2D eigenvalue weighted by Gasteiger charge is -2.27. The predicted octanol–water partition coefficient (Wildman–Crippen LogP) is 3.17. The van der Waals surface area contributed by atoms with Crippen molar-refractivity contribution in [2.45, 2.75) is 25.3 Å². The van der Waals surface area contributed by atoms with Crippen molar-refractivity contribution in [3.63, 3.8) is 0 Å². The number of hydrogen-bond donors (Lipinski definition) is 0. The fraction of sp³-hybridized carbons (Fsp3) is 0.500. The molecule has 1 rings (SSSR count). The summed E-state index contributed by atoms with van der Waals surface area (Å²) < 4.78 is 49.8. The molecule has 0 radical (unpaired) electrons. The molecule has 0 saturated heterocycles. The predicted molar refractivity (Wildman–Crippen MR) is 56.5 cm³/mol. The van der Waals surface area contributed by atoms with E-state index in [2.05, 4.69) is 0 Å². The molecule has 0 saturated carbocycles. The van der Waals surface area contributed by atoms with Gasteiger partial charge in [0.2, 0.25) is 0 Å². The van der Waals surface area contributed by atoms with Gasteiger partial charge in [0.15, 0.2) is 0 Å². The van der Waals surface area contributed by atoms with Crippen molar-refractivity contribution in [3.8, 4) is 0 Å². The van der Waals surface area contributed by atoms with Crippen LogP contribution in [-0.4, -0.2) is 30.2 Å². The fourth-order valence-corrected chi connectivity index (χ4v) is 2.05. The zero-order valence-electron chi connectivity index (χ0n) is 9.16. The van der Waals surface area contributed by atoms with Gasteiger partial charge in [-0.15, -0.1) is 11.3 Å². The normalized spacial score (nSPS) is 13.8. The van der Waals surface area contributed by atoms with Crippen molar-refractivity contribution < 1.29 is 22.4 Å². The zero-order chi connectivity index (χ0) is 13.2. The van der Waals surface area contributed by atoms with Gasteiger partial charge >= 0.3 is 12.3 Å². The average Bonchev–Trinajstić information content (AvgIpc) is 2.79. The van der Waals surface area contributed by atoms with Gasteiger partial charge in [0.05, 0.1) is 6.04 Å². The Labute approximate surface area is 99.8 Å². The molecule has 0 aromatic carbocycles. The topological polar surface area (TPSA) is 20.3 Å². The van der Waals surface area contributed by atoms with Crippen molar-refractivity contribution in [2.75, 3.05) is 7.05 Å².